The predicted octanol–water partition coefficient (Wildman–Crippen LogP) is 16.0. The van der Waals surface area contributed by atoms with Gasteiger partial charge in [0.25, 0.3) is 0 Å². The van der Waals surface area contributed by atoms with Crippen molar-refractivity contribution in [3.8, 4) is 0 Å². The molecule has 0 aromatic carbocycles. The van der Waals surface area contributed by atoms with Gasteiger partial charge in [0.05, 0.1) is 0 Å². The zero-order chi connectivity index (χ0) is 41.5. The van der Waals surface area contributed by atoms with Crippen LogP contribution >= 0.6 is 0 Å². The normalized spacial score (nSPS) is 12.1. The largest absolute Gasteiger partial charge is 0.462 e. The van der Waals surface area contributed by atoms with E-state index in [0.29, 0.717) is 19.3 Å². The van der Waals surface area contributed by atoms with Crippen LogP contribution < -0.4 is 0 Å². The molecular weight excluding hydrogens is 709 g/mol. The number of carbonyl (C=O) groups is 3. The smallest absolute Gasteiger partial charge is 0.306 e. The minimum Gasteiger partial charge on any atom is -0.462 e. The van der Waals surface area contributed by atoms with Crippen molar-refractivity contribution in [3.63, 3.8) is 0 Å². The summed E-state index contributed by atoms with van der Waals surface area (Å²) in [5.74, 6) is -0.879. The molecule has 0 aliphatic carbocycles. The number of unbranched alkanes of at least 4 members (excludes halogenated alkanes) is 30. The minimum atomic E-state index is -0.769. The molecule has 0 fully saturated rings. The Morgan fingerprint density at radius 3 is 0.947 bits per heavy atom. The van der Waals surface area contributed by atoms with Crippen molar-refractivity contribution in [2.45, 2.75) is 271 Å². The summed E-state index contributed by atoms with van der Waals surface area (Å²) in [6.07, 6.45) is 51.7. The van der Waals surface area contributed by atoms with Crippen molar-refractivity contribution >= 4 is 17.9 Å². The van der Waals surface area contributed by atoms with Gasteiger partial charge in [-0.05, 0) is 64.2 Å². The van der Waals surface area contributed by atoms with Gasteiger partial charge in [-0.15, -0.1) is 0 Å². The molecule has 0 saturated carbocycles. The van der Waals surface area contributed by atoms with Gasteiger partial charge >= 0.3 is 17.9 Å². The lowest BCUT2D eigenvalue weighted by Gasteiger charge is -2.18. The lowest BCUT2D eigenvalue weighted by molar-refractivity contribution is -0.167. The Morgan fingerprint density at radius 1 is 0.333 bits per heavy atom. The molecule has 6 nitrogen and oxygen atoms in total. The SMILES string of the molecule is CCC/C=C\CCCCCCCC(=O)OC(COC(=O)CCCCCCCCCCCC)COC(=O)CCCCCCCCCCC/C=C\CCCCCCCC. The van der Waals surface area contributed by atoms with Crippen molar-refractivity contribution in [2.75, 3.05) is 13.2 Å². The number of ether oxygens (including phenoxy) is 3. The van der Waals surface area contributed by atoms with Crippen LogP contribution in [0.1, 0.15) is 265 Å². The van der Waals surface area contributed by atoms with Gasteiger partial charge in [0.1, 0.15) is 13.2 Å². The summed E-state index contributed by atoms with van der Waals surface area (Å²) in [5.41, 5.74) is 0. The topological polar surface area (TPSA) is 78.9 Å². The molecule has 0 radical (unpaired) electrons. The molecule has 0 rings (SSSR count). The molecule has 0 saturated heterocycles. The molecule has 0 heterocycles. The third kappa shape index (κ3) is 44.8. The minimum absolute atomic E-state index is 0.0723. The zero-order valence-corrected chi connectivity index (χ0v) is 38.1. The van der Waals surface area contributed by atoms with Crippen LogP contribution in [0.4, 0.5) is 0 Å². The molecule has 57 heavy (non-hydrogen) atoms. The summed E-state index contributed by atoms with van der Waals surface area (Å²) in [7, 11) is 0. The molecule has 0 aliphatic heterocycles. The summed E-state index contributed by atoms with van der Waals surface area (Å²) >= 11 is 0. The van der Waals surface area contributed by atoms with Crippen LogP contribution in [-0.2, 0) is 28.6 Å². The maximum atomic E-state index is 12.7. The summed E-state index contributed by atoms with van der Waals surface area (Å²) in [5, 5.41) is 0. The molecular formula is C51H94O6. The van der Waals surface area contributed by atoms with Gasteiger partial charge in [-0.1, -0.05) is 206 Å². The highest BCUT2D eigenvalue weighted by atomic mass is 16.6. The fourth-order valence-electron chi connectivity index (χ4n) is 7.15. The van der Waals surface area contributed by atoms with Gasteiger partial charge in [-0.2, -0.15) is 0 Å². The van der Waals surface area contributed by atoms with Gasteiger partial charge in [-0.25, -0.2) is 0 Å². The van der Waals surface area contributed by atoms with Crippen LogP contribution in [0.15, 0.2) is 24.3 Å². The lowest BCUT2D eigenvalue weighted by Crippen LogP contribution is -2.30. The summed E-state index contributed by atoms with van der Waals surface area (Å²) < 4.78 is 16.7. The van der Waals surface area contributed by atoms with E-state index in [2.05, 4.69) is 45.1 Å². The van der Waals surface area contributed by atoms with Crippen LogP contribution in [0.3, 0.4) is 0 Å². The standard InChI is InChI=1S/C51H94O6/c1-4-7-10-13-16-19-22-23-24-25-26-27-28-29-30-33-35-38-41-44-50(53)56-47-48(57-51(54)45-42-39-36-32-21-18-15-12-9-6-3)46-55-49(52)43-40-37-34-31-20-17-14-11-8-5-2/h12,15,23-24,48H,4-11,13-14,16-22,25-47H2,1-3H3/b15-12-,24-23-. The Kier molecular flexibility index (Phi) is 44.9. The molecule has 0 N–H and O–H groups in total. The molecule has 0 bridgehead atoms. The molecule has 0 amide bonds. The summed E-state index contributed by atoms with van der Waals surface area (Å²) in [4.78, 5) is 37.8. The molecule has 1 atom stereocenters. The maximum Gasteiger partial charge on any atom is 0.306 e. The molecule has 0 spiro atoms. The Bertz CT molecular complexity index is 927. The Hall–Kier alpha value is -2.11. The third-order valence-corrected chi connectivity index (χ3v) is 10.9. The first-order valence-electron chi connectivity index (χ1n) is 24.8. The Morgan fingerprint density at radius 2 is 0.614 bits per heavy atom. The van der Waals surface area contributed by atoms with E-state index in [9.17, 15) is 14.4 Å². The quantitative estimate of drug-likeness (QED) is 0.0264. The van der Waals surface area contributed by atoms with E-state index in [1.54, 1.807) is 0 Å². The van der Waals surface area contributed by atoms with Crippen LogP contribution in [-0.4, -0.2) is 37.2 Å². The molecule has 334 valence electrons. The monoisotopic (exact) mass is 803 g/mol. The maximum absolute atomic E-state index is 12.7. The first-order valence-corrected chi connectivity index (χ1v) is 24.8. The van der Waals surface area contributed by atoms with Crippen molar-refractivity contribution in [3.05, 3.63) is 24.3 Å². The third-order valence-electron chi connectivity index (χ3n) is 10.9. The van der Waals surface area contributed by atoms with Crippen molar-refractivity contribution in [1.29, 1.82) is 0 Å². The second kappa shape index (κ2) is 46.6. The van der Waals surface area contributed by atoms with Gasteiger partial charge in [0, 0.05) is 19.3 Å². The predicted molar refractivity (Wildman–Crippen MR) is 243 cm³/mol. The fourth-order valence-corrected chi connectivity index (χ4v) is 7.15. The molecule has 1 unspecified atom stereocenters. The van der Waals surface area contributed by atoms with Crippen molar-refractivity contribution < 1.29 is 28.6 Å². The highest BCUT2D eigenvalue weighted by Gasteiger charge is 2.19. The first-order chi connectivity index (χ1) is 28.0. The average molecular weight is 803 g/mol. The second-order valence-corrected chi connectivity index (χ2v) is 16.7. The van der Waals surface area contributed by atoms with Crippen LogP contribution in [0, 0.1) is 0 Å². The highest BCUT2D eigenvalue weighted by Crippen LogP contribution is 2.15. The van der Waals surface area contributed by atoms with Gasteiger partial charge < -0.3 is 14.2 Å². The van der Waals surface area contributed by atoms with Crippen molar-refractivity contribution in [2.24, 2.45) is 0 Å². The highest BCUT2D eigenvalue weighted by molar-refractivity contribution is 5.71. The first kappa shape index (κ1) is 54.9. The van der Waals surface area contributed by atoms with E-state index in [1.807, 2.05) is 0 Å². The molecule has 0 aromatic rings. The summed E-state index contributed by atoms with van der Waals surface area (Å²) in [6.45, 7) is 6.57. The van der Waals surface area contributed by atoms with Gasteiger partial charge in [0.2, 0.25) is 0 Å². The van der Waals surface area contributed by atoms with Crippen molar-refractivity contribution in [1.82, 2.24) is 0 Å². The molecule has 0 aromatic heterocycles. The second-order valence-electron chi connectivity index (χ2n) is 16.7. The Labute approximate surface area is 353 Å². The Balaban J connectivity index is 4.24. The number of hydrogen-bond acceptors (Lipinski definition) is 6. The van der Waals surface area contributed by atoms with Crippen LogP contribution in [0.25, 0.3) is 0 Å². The molecule has 6 heteroatoms. The zero-order valence-electron chi connectivity index (χ0n) is 38.1. The van der Waals surface area contributed by atoms with Gasteiger partial charge in [0.15, 0.2) is 6.10 Å². The average Bonchev–Trinajstić information content (AvgIpc) is 3.21. The van der Waals surface area contributed by atoms with E-state index >= 15 is 0 Å². The number of carbonyl (C=O) groups excluding carboxylic acids is 3. The fraction of sp³-hybridized carbons (Fsp3) is 0.863. The number of allylic oxidation sites excluding steroid dienone is 4. The number of esters is 3. The van der Waals surface area contributed by atoms with E-state index < -0.39 is 6.10 Å². The molecule has 0 aliphatic rings. The lowest BCUT2D eigenvalue weighted by atomic mass is 10.1. The van der Waals surface area contributed by atoms with Gasteiger partial charge in [-0.3, -0.25) is 14.4 Å². The van der Waals surface area contributed by atoms with E-state index in [4.69, 9.17) is 14.2 Å². The van der Waals surface area contributed by atoms with E-state index in [1.165, 1.54) is 148 Å². The summed E-state index contributed by atoms with van der Waals surface area (Å²) in [6, 6.07) is 0. The van der Waals surface area contributed by atoms with Crippen LogP contribution in [0.5, 0.6) is 0 Å². The van der Waals surface area contributed by atoms with Crippen LogP contribution in [0.2, 0.25) is 0 Å². The van der Waals surface area contributed by atoms with E-state index in [-0.39, 0.29) is 31.1 Å². The number of hydrogen-bond donors (Lipinski definition) is 0. The number of rotatable bonds is 45. The van der Waals surface area contributed by atoms with E-state index in [0.717, 1.165) is 77.0 Å².